The zero-order valence-corrected chi connectivity index (χ0v) is 20.0. The van der Waals surface area contributed by atoms with Crippen molar-refractivity contribution in [3.8, 4) is 17.2 Å². The van der Waals surface area contributed by atoms with Gasteiger partial charge in [0.05, 0.1) is 32.9 Å². The normalized spacial score (nSPS) is 15.7. The van der Waals surface area contributed by atoms with Crippen molar-refractivity contribution in [1.29, 1.82) is 0 Å². The fraction of sp³-hybridized carbons (Fsp3) is 0.308. The molecule has 0 saturated heterocycles. The Bertz CT molecular complexity index is 1230. The highest BCUT2D eigenvalue weighted by atomic mass is 16.5. The van der Waals surface area contributed by atoms with E-state index in [2.05, 4.69) is 0 Å². The van der Waals surface area contributed by atoms with Crippen LogP contribution in [0.4, 0.5) is 0 Å². The molecule has 1 aromatic heterocycles. The van der Waals surface area contributed by atoms with Gasteiger partial charge in [0.2, 0.25) is 11.5 Å². The number of aliphatic hydroxyl groups is 1. The van der Waals surface area contributed by atoms with Crippen molar-refractivity contribution in [3.05, 3.63) is 65.1 Å². The Morgan fingerprint density at radius 3 is 2.31 bits per heavy atom. The number of rotatable bonds is 10. The SMILES string of the molecule is COCCCN1C(=O)C(O)=C(C(=O)c2cc3ccccc3o2)C1c1cc(OC)c(OC)c(OC)c1. The van der Waals surface area contributed by atoms with Crippen molar-refractivity contribution < 1.29 is 38.1 Å². The van der Waals surface area contributed by atoms with Gasteiger partial charge in [0.25, 0.3) is 5.91 Å². The van der Waals surface area contributed by atoms with Crippen LogP contribution in [0.2, 0.25) is 0 Å². The van der Waals surface area contributed by atoms with E-state index < -0.39 is 23.5 Å². The number of benzene rings is 2. The molecule has 9 heteroatoms. The van der Waals surface area contributed by atoms with E-state index in [0.717, 1.165) is 5.39 Å². The molecule has 35 heavy (non-hydrogen) atoms. The Morgan fingerprint density at radius 1 is 1.03 bits per heavy atom. The second-order valence-corrected chi connectivity index (χ2v) is 7.95. The first-order chi connectivity index (χ1) is 16.9. The molecule has 0 saturated carbocycles. The molecule has 0 aliphatic carbocycles. The molecular weight excluding hydrogens is 454 g/mol. The lowest BCUT2D eigenvalue weighted by Crippen LogP contribution is -2.32. The molecule has 1 aliphatic heterocycles. The summed E-state index contributed by atoms with van der Waals surface area (Å²) in [5.74, 6) is -0.754. The van der Waals surface area contributed by atoms with Crippen LogP contribution in [0.25, 0.3) is 11.0 Å². The summed E-state index contributed by atoms with van der Waals surface area (Å²) in [6.07, 6.45) is 0.503. The molecule has 1 aliphatic rings. The van der Waals surface area contributed by atoms with Gasteiger partial charge in [-0.3, -0.25) is 9.59 Å². The van der Waals surface area contributed by atoms with Crippen LogP contribution in [-0.4, -0.2) is 63.3 Å². The summed E-state index contributed by atoms with van der Waals surface area (Å²) in [7, 11) is 6.00. The van der Waals surface area contributed by atoms with Crippen molar-refractivity contribution in [2.24, 2.45) is 0 Å². The van der Waals surface area contributed by atoms with E-state index in [9.17, 15) is 14.7 Å². The highest BCUT2D eigenvalue weighted by Crippen LogP contribution is 2.45. The van der Waals surface area contributed by atoms with Crippen LogP contribution in [0.3, 0.4) is 0 Å². The molecule has 0 spiro atoms. The van der Waals surface area contributed by atoms with Crippen molar-refractivity contribution in [2.75, 3.05) is 41.6 Å². The van der Waals surface area contributed by atoms with Crippen LogP contribution in [0, 0.1) is 0 Å². The summed E-state index contributed by atoms with van der Waals surface area (Å²) in [6, 6.07) is 11.2. The third kappa shape index (κ3) is 4.30. The largest absolute Gasteiger partial charge is 0.503 e. The van der Waals surface area contributed by atoms with Crippen LogP contribution in [0.5, 0.6) is 17.2 Å². The third-order valence-corrected chi connectivity index (χ3v) is 5.95. The minimum atomic E-state index is -0.909. The number of Topliss-reactive ketones (excluding diaryl/α,β-unsaturated/α-hetero) is 1. The minimum absolute atomic E-state index is 0.0248. The van der Waals surface area contributed by atoms with Gasteiger partial charge in [0.1, 0.15) is 5.58 Å². The molecule has 1 N–H and O–H groups in total. The number of methoxy groups -OCH3 is 4. The molecule has 0 fully saturated rings. The Balaban J connectivity index is 1.85. The second-order valence-electron chi connectivity index (χ2n) is 7.95. The molecule has 3 aromatic rings. The van der Waals surface area contributed by atoms with Crippen LogP contribution in [0.15, 0.2) is 58.2 Å². The molecule has 1 amide bonds. The number of hydrogen-bond donors (Lipinski definition) is 1. The van der Waals surface area contributed by atoms with Gasteiger partial charge >= 0.3 is 0 Å². The highest BCUT2D eigenvalue weighted by Gasteiger charge is 2.45. The first kappa shape index (κ1) is 24.2. The van der Waals surface area contributed by atoms with E-state index >= 15 is 0 Å². The molecule has 2 heterocycles. The number of carbonyl (C=O) groups excluding carboxylic acids is 2. The smallest absolute Gasteiger partial charge is 0.290 e. The molecule has 2 aromatic carbocycles. The van der Waals surface area contributed by atoms with Gasteiger partial charge in [-0.15, -0.1) is 0 Å². The number of fused-ring (bicyclic) bond motifs is 1. The standard InChI is InChI=1S/C26H27NO8/c1-31-11-7-10-27-22(16-13-19(32-2)25(34-4)20(14-16)33-3)21(24(29)26(27)30)23(28)18-12-15-8-5-6-9-17(15)35-18/h5-6,8-9,12-14,22,29H,7,10-11H2,1-4H3. The van der Waals surface area contributed by atoms with Crippen molar-refractivity contribution >= 4 is 22.7 Å². The van der Waals surface area contributed by atoms with Gasteiger partial charge in [-0.1, -0.05) is 18.2 Å². The van der Waals surface area contributed by atoms with E-state index in [-0.39, 0.29) is 17.9 Å². The molecule has 1 atom stereocenters. The van der Waals surface area contributed by atoms with Crippen molar-refractivity contribution in [2.45, 2.75) is 12.5 Å². The average molecular weight is 482 g/mol. The van der Waals surface area contributed by atoms with Crippen LogP contribution >= 0.6 is 0 Å². The number of amides is 1. The first-order valence-electron chi connectivity index (χ1n) is 11.0. The summed E-state index contributed by atoms with van der Waals surface area (Å²) in [5.41, 5.74) is 0.955. The summed E-state index contributed by atoms with van der Waals surface area (Å²) in [4.78, 5) is 28.2. The van der Waals surface area contributed by atoms with E-state index in [1.54, 1.807) is 37.4 Å². The quantitative estimate of drug-likeness (QED) is 0.341. The van der Waals surface area contributed by atoms with E-state index in [4.69, 9.17) is 23.4 Å². The van der Waals surface area contributed by atoms with Crippen LogP contribution in [0.1, 0.15) is 28.6 Å². The van der Waals surface area contributed by atoms with E-state index in [1.165, 1.54) is 26.2 Å². The molecule has 1 unspecified atom stereocenters. The van der Waals surface area contributed by atoms with Gasteiger partial charge in [-0.2, -0.15) is 0 Å². The van der Waals surface area contributed by atoms with Gasteiger partial charge in [0.15, 0.2) is 23.0 Å². The van der Waals surface area contributed by atoms with E-state index in [1.807, 2.05) is 12.1 Å². The Labute approximate surface area is 202 Å². The summed E-state index contributed by atoms with van der Waals surface area (Å²) in [6.45, 7) is 0.647. The lowest BCUT2D eigenvalue weighted by molar-refractivity contribution is -0.129. The molecule has 0 radical (unpaired) electrons. The van der Waals surface area contributed by atoms with Crippen LogP contribution < -0.4 is 14.2 Å². The van der Waals surface area contributed by atoms with E-state index in [0.29, 0.717) is 41.4 Å². The van der Waals surface area contributed by atoms with Crippen LogP contribution in [-0.2, 0) is 9.53 Å². The minimum Gasteiger partial charge on any atom is -0.503 e. The topological polar surface area (TPSA) is 108 Å². The Hall–Kier alpha value is -3.98. The fourth-order valence-electron chi connectivity index (χ4n) is 4.33. The highest BCUT2D eigenvalue weighted by molar-refractivity contribution is 6.16. The van der Waals surface area contributed by atoms with Gasteiger partial charge in [-0.05, 0) is 36.2 Å². The molecule has 0 bridgehead atoms. The average Bonchev–Trinajstić information content (AvgIpc) is 3.42. The number of aliphatic hydroxyl groups excluding tert-OH is 1. The maximum atomic E-state index is 13.7. The number of ether oxygens (including phenoxy) is 4. The lowest BCUT2D eigenvalue weighted by atomic mass is 9.94. The summed E-state index contributed by atoms with van der Waals surface area (Å²) in [5, 5.41) is 11.6. The number of furan rings is 1. The number of carbonyl (C=O) groups is 2. The molecule has 4 rings (SSSR count). The zero-order valence-electron chi connectivity index (χ0n) is 20.0. The maximum Gasteiger partial charge on any atom is 0.290 e. The first-order valence-corrected chi connectivity index (χ1v) is 11.0. The third-order valence-electron chi connectivity index (χ3n) is 5.95. The molecule has 9 nitrogen and oxygen atoms in total. The van der Waals surface area contributed by atoms with Gasteiger partial charge in [0, 0.05) is 25.6 Å². The van der Waals surface area contributed by atoms with Crippen molar-refractivity contribution in [1.82, 2.24) is 4.90 Å². The Morgan fingerprint density at radius 2 is 1.71 bits per heavy atom. The second kappa shape index (κ2) is 10.1. The predicted molar refractivity (Wildman–Crippen MR) is 127 cm³/mol. The van der Waals surface area contributed by atoms with Gasteiger partial charge < -0.3 is 33.4 Å². The fourth-order valence-corrected chi connectivity index (χ4v) is 4.33. The number of nitrogens with zero attached hydrogens (tertiary/aromatic N) is 1. The molecule has 184 valence electrons. The zero-order chi connectivity index (χ0) is 25.1. The van der Waals surface area contributed by atoms with Gasteiger partial charge in [-0.25, -0.2) is 0 Å². The monoisotopic (exact) mass is 481 g/mol. The summed E-state index contributed by atoms with van der Waals surface area (Å²) < 4.78 is 27.3. The number of hydrogen-bond acceptors (Lipinski definition) is 8. The summed E-state index contributed by atoms with van der Waals surface area (Å²) >= 11 is 0. The lowest BCUT2D eigenvalue weighted by Gasteiger charge is -2.27. The van der Waals surface area contributed by atoms with Crippen molar-refractivity contribution in [3.63, 3.8) is 0 Å². The number of para-hydroxylation sites is 1. The molecular formula is C26H27NO8. The predicted octanol–water partition coefficient (Wildman–Crippen LogP) is 4.07. The Kier molecular flexibility index (Phi) is 6.97. The number of ketones is 1. The maximum absolute atomic E-state index is 13.7.